The molecule has 1 aromatic rings. The lowest BCUT2D eigenvalue weighted by Crippen LogP contribution is -2.40. The first-order chi connectivity index (χ1) is 9.06. The average molecular weight is 264 g/mol. The summed E-state index contributed by atoms with van der Waals surface area (Å²) in [6.07, 6.45) is -0.561. The number of likely N-dealkylation sites (N-methyl/N-ethyl adjacent to an activating group) is 1. The second-order valence-corrected chi connectivity index (χ2v) is 5.42. The fourth-order valence-corrected chi connectivity index (χ4v) is 3.40. The second kappa shape index (κ2) is 4.30. The predicted molar refractivity (Wildman–Crippen MR) is 72.7 cm³/mol. The highest BCUT2D eigenvalue weighted by Crippen LogP contribution is 2.52. The van der Waals surface area contributed by atoms with E-state index in [4.69, 9.17) is 0 Å². The number of halogens is 2. The molecule has 2 aliphatic heterocycles. The Morgan fingerprint density at radius 2 is 2.00 bits per heavy atom. The zero-order chi connectivity index (χ0) is 13.6. The van der Waals surface area contributed by atoms with Crippen molar-refractivity contribution in [2.45, 2.75) is 24.7 Å². The molecule has 0 bridgehead atoms. The van der Waals surface area contributed by atoms with Gasteiger partial charge >= 0.3 is 0 Å². The number of nitrogens with zero attached hydrogens (tertiary/aromatic N) is 1. The Bertz CT molecular complexity index is 519. The van der Waals surface area contributed by atoms with Crippen LogP contribution in [0.3, 0.4) is 0 Å². The number of piperidine rings is 1. The Balaban J connectivity index is 2.14. The normalized spacial score (nSPS) is 21.3. The smallest absolute Gasteiger partial charge is 0.263 e. The van der Waals surface area contributed by atoms with Crippen molar-refractivity contribution < 1.29 is 8.78 Å². The fraction of sp³-hybridized carbons (Fsp3) is 0.467. The van der Waals surface area contributed by atoms with Crippen molar-refractivity contribution in [3.05, 3.63) is 41.6 Å². The van der Waals surface area contributed by atoms with E-state index in [9.17, 15) is 8.78 Å². The summed E-state index contributed by atoms with van der Waals surface area (Å²) in [5.41, 5.74) is 3.05. The Kier molecular flexibility index (Phi) is 2.86. The maximum atomic E-state index is 12.9. The summed E-state index contributed by atoms with van der Waals surface area (Å²) in [6.45, 7) is 6.03. The van der Waals surface area contributed by atoms with E-state index in [0.29, 0.717) is 0 Å². The Labute approximate surface area is 112 Å². The van der Waals surface area contributed by atoms with Gasteiger partial charge in [-0.25, -0.2) is 8.78 Å². The second-order valence-electron chi connectivity index (χ2n) is 5.42. The van der Waals surface area contributed by atoms with Crippen LogP contribution in [0.4, 0.5) is 14.5 Å². The number of fused-ring (bicyclic) bond motifs is 2. The highest BCUT2D eigenvalue weighted by Gasteiger charge is 2.45. The average Bonchev–Trinajstić information content (AvgIpc) is 2.63. The topological polar surface area (TPSA) is 15.3 Å². The number of benzene rings is 1. The van der Waals surface area contributed by atoms with E-state index < -0.39 is 6.43 Å². The molecule has 1 fully saturated rings. The number of allylic oxidation sites excluding steroid dienone is 1. The van der Waals surface area contributed by atoms with Crippen molar-refractivity contribution in [3.63, 3.8) is 0 Å². The summed E-state index contributed by atoms with van der Waals surface area (Å²) in [6, 6.07) is 5.01. The Morgan fingerprint density at radius 1 is 1.32 bits per heavy atom. The molecule has 1 N–H and O–H groups in total. The molecule has 2 heterocycles. The molecule has 0 atom stereocenters. The molecule has 19 heavy (non-hydrogen) atoms. The van der Waals surface area contributed by atoms with E-state index in [1.54, 1.807) is 12.1 Å². The quantitative estimate of drug-likeness (QED) is 0.838. The van der Waals surface area contributed by atoms with E-state index in [1.165, 1.54) is 6.07 Å². The molecule has 2 aliphatic rings. The van der Waals surface area contributed by atoms with Gasteiger partial charge in [-0.05, 0) is 43.6 Å². The van der Waals surface area contributed by atoms with Crippen molar-refractivity contribution >= 4 is 5.69 Å². The minimum Gasteiger partial charge on any atom is -0.348 e. The first-order valence-corrected chi connectivity index (χ1v) is 6.63. The SMILES string of the molecule is C=C1N(C)c2ccc(C(F)F)cc2C12CCNCC2. The van der Waals surface area contributed by atoms with Crippen LogP contribution in [0.2, 0.25) is 0 Å². The van der Waals surface area contributed by atoms with Gasteiger partial charge < -0.3 is 10.2 Å². The highest BCUT2D eigenvalue weighted by atomic mass is 19.3. The van der Waals surface area contributed by atoms with Gasteiger partial charge in [0.25, 0.3) is 6.43 Å². The third-order valence-electron chi connectivity index (χ3n) is 4.56. The summed E-state index contributed by atoms with van der Waals surface area (Å²) in [7, 11) is 1.97. The lowest BCUT2D eigenvalue weighted by Gasteiger charge is -2.36. The van der Waals surface area contributed by atoms with E-state index in [2.05, 4.69) is 16.8 Å². The number of rotatable bonds is 1. The van der Waals surface area contributed by atoms with Gasteiger partial charge in [0.2, 0.25) is 0 Å². The van der Waals surface area contributed by atoms with Crippen LogP contribution >= 0.6 is 0 Å². The lowest BCUT2D eigenvalue weighted by molar-refractivity contribution is 0.151. The molecule has 0 saturated carbocycles. The number of nitrogens with one attached hydrogen (secondary N) is 1. The van der Waals surface area contributed by atoms with Gasteiger partial charge in [0, 0.05) is 29.4 Å². The van der Waals surface area contributed by atoms with E-state index in [1.807, 2.05) is 7.05 Å². The van der Waals surface area contributed by atoms with Gasteiger partial charge in [-0.15, -0.1) is 0 Å². The largest absolute Gasteiger partial charge is 0.348 e. The molecule has 3 rings (SSSR count). The molecule has 1 spiro atoms. The predicted octanol–water partition coefficient (Wildman–Crippen LogP) is 3.21. The molecule has 0 aliphatic carbocycles. The molecular formula is C15H18F2N2. The van der Waals surface area contributed by atoms with Gasteiger partial charge in [-0.1, -0.05) is 12.6 Å². The van der Waals surface area contributed by atoms with Crippen LogP contribution in [0.1, 0.15) is 30.4 Å². The van der Waals surface area contributed by atoms with Crippen LogP contribution in [0, 0.1) is 0 Å². The van der Waals surface area contributed by atoms with Crippen molar-refractivity contribution in [3.8, 4) is 0 Å². The van der Waals surface area contributed by atoms with Crippen LogP contribution in [0.25, 0.3) is 0 Å². The number of hydrogen-bond donors (Lipinski definition) is 1. The van der Waals surface area contributed by atoms with Crippen LogP contribution in [-0.2, 0) is 5.41 Å². The lowest BCUT2D eigenvalue weighted by atomic mass is 9.72. The summed E-state index contributed by atoms with van der Waals surface area (Å²) in [4.78, 5) is 2.05. The summed E-state index contributed by atoms with van der Waals surface area (Å²) < 4.78 is 25.9. The first kappa shape index (κ1) is 12.6. The maximum absolute atomic E-state index is 12.9. The number of anilines is 1. The van der Waals surface area contributed by atoms with E-state index >= 15 is 0 Å². The van der Waals surface area contributed by atoms with Gasteiger partial charge in [-0.2, -0.15) is 0 Å². The highest BCUT2D eigenvalue weighted by molar-refractivity contribution is 5.70. The number of hydrogen-bond acceptors (Lipinski definition) is 2. The molecule has 102 valence electrons. The summed E-state index contributed by atoms with van der Waals surface area (Å²) >= 11 is 0. The maximum Gasteiger partial charge on any atom is 0.263 e. The van der Waals surface area contributed by atoms with Crippen molar-refractivity contribution in [2.75, 3.05) is 25.0 Å². The van der Waals surface area contributed by atoms with Crippen LogP contribution in [-0.4, -0.2) is 20.1 Å². The van der Waals surface area contributed by atoms with Crippen LogP contribution in [0.5, 0.6) is 0 Å². The molecular weight excluding hydrogens is 246 g/mol. The van der Waals surface area contributed by atoms with Crippen LogP contribution in [0.15, 0.2) is 30.5 Å². The molecule has 2 nitrogen and oxygen atoms in total. The molecule has 0 aromatic heterocycles. The first-order valence-electron chi connectivity index (χ1n) is 6.63. The third-order valence-corrected chi connectivity index (χ3v) is 4.56. The molecule has 4 heteroatoms. The molecule has 0 unspecified atom stereocenters. The molecule has 0 radical (unpaired) electrons. The summed E-state index contributed by atoms with van der Waals surface area (Å²) in [5, 5.41) is 3.33. The molecule has 0 amide bonds. The van der Waals surface area contributed by atoms with Gasteiger partial charge in [0.05, 0.1) is 0 Å². The monoisotopic (exact) mass is 264 g/mol. The third kappa shape index (κ3) is 1.70. The Morgan fingerprint density at radius 3 is 2.63 bits per heavy atom. The van der Waals surface area contributed by atoms with E-state index in [-0.39, 0.29) is 11.0 Å². The van der Waals surface area contributed by atoms with Gasteiger partial charge in [-0.3, -0.25) is 0 Å². The van der Waals surface area contributed by atoms with Gasteiger partial charge in [0.1, 0.15) is 0 Å². The zero-order valence-corrected chi connectivity index (χ0v) is 11.0. The molecule has 1 aromatic carbocycles. The van der Waals surface area contributed by atoms with Gasteiger partial charge in [0.15, 0.2) is 0 Å². The van der Waals surface area contributed by atoms with Crippen molar-refractivity contribution in [2.24, 2.45) is 0 Å². The Hall–Kier alpha value is -1.42. The van der Waals surface area contributed by atoms with Crippen molar-refractivity contribution in [1.82, 2.24) is 5.32 Å². The standard InChI is InChI=1S/C15H18F2N2/c1-10-15(5-7-18-8-6-15)12-9-11(14(16)17)3-4-13(12)19(10)2/h3-4,9,14,18H,1,5-8H2,2H3. The van der Waals surface area contributed by atoms with Crippen molar-refractivity contribution in [1.29, 1.82) is 0 Å². The fourth-order valence-electron chi connectivity index (χ4n) is 3.40. The zero-order valence-electron chi connectivity index (χ0n) is 11.0. The summed E-state index contributed by atoms with van der Waals surface area (Å²) in [5.74, 6) is 0. The molecule has 1 saturated heterocycles. The number of alkyl halides is 2. The minimum atomic E-state index is -2.41. The van der Waals surface area contributed by atoms with Crippen LogP contribution < -0.4 is 10.2 Å². The minimum absolute atomic E-state index is 0.111. The van der Waals surface area contributed by atoms with E-state index in [0.717, 1.165) is 42.9 Å².